The van der Waals surface area contributed by atoms with Gasteiger partial charge >= 0.3 is 0 Å². The smallest absolute Gasteiger partial charge is 0.172 e. The van der Waals surface area contributed by atoms with Crippen LogP contribution in [0, 0.1) is 5.82 Å². The zero-order valence-corrected chi connectivity index (χ0v) is 9.49. The number of likely N-dealkylation sites (N-methyl/N-ethyl adjacent to an activating group) is 1. The standard InChI is InChI=1S/C12H16FN3/c1-3-10-4-5-14-12(11(10)13)16-8-6-15(2)7-9-16/h3-5H,1,6-9H2,2H3. The van der Waals surface area contributed by atoms with Gasteiger partial charge in [-0.3, -0.25) is 0 Å². The fourth-order valence-electron chi connectivity index (χ4n) is 1.84. The molecule has 1 fully saturated rings. The highest BCUT2D eigenvalue weighted by Gasteiger charge is 2.19. The molecular weight excluding hydrogens is 205 g/mol. The minimum Gasteiger partial charge on any atom is -0.352 e. The second kappa shape index (κ2) is 4.61. The van der Waals surface area contributed by atoms with Crippen LogP contribution in [0.2, 0.25) is 0 Å². The molecule has 1 aromatic heterocycles. The van der Waals surface area contributed by atoms with Gasteiger partial charge in [-0.1, -0.05) is 12.7 Å². The molecule has 4 heteroatoms. The summed E-state index contributed by atoms with van der Waals surface area (Å²) in [6, 6.07) is 1.64. The molecule has 1 aliphatic rings. The van der Waals surface area contributed by atoms with Crippen LogP contribution in [-0.4, -0.2) is 43.1 Å². The van der Waals surface area contributed by atoms with E-state index in [0.717, 1.165) is 26.2 Å². The van der Waals surface area contributed by atoms with Crippen LogP contribution in [-0.2, 0) is 0 Å². The Labute approximate surface area is 95.2 Å². The van der Waals surface area contributed by atoms with Crippen molar-refractivity contribution in [2.24, 2.45) is 0 Å². The molecule has 3 nitrogen and oxygen atoms in total. The van der Waals surface area contributed by atoms with Crippen LogP contribution in [0.1, 0.15) is 5.56 Å². The van der Waals surface area contributed by atoms with Crippen LogP contribution < -0.4 is 4.90 Å². The van der Waals surface area contributed by atoms with Crippen LogP contribution in [0.3, 0.4) is 0 Å². The number of halogens is 1. The summed E-state index contributed by atoms with van der Waals surface area (Å²) in [5.74, 6) is 0.188. The van der Waals surface area contributed by atoms with Gasteiger partial charge in [-0.15, -0.1) is 0 Å². The maximum atomic E-state index is 14.0. The number of pyridine rings is 1. The number of rotatable bonds is 2. The van der Waals surface area contributed by atoms with E-state index in [0.29, 0.717) is 11.4 Å². The molecule has 0 aliphatic carbocycles. The maximum absolute atomic E-state index is 14.0. The predicted octanol–water partition coefficient (Wildman–Crippen LogP) is 1.62. The quantitative estimate of drug-likeness (QED) is 0.756. The molecule has 0 unspecified atom stereocenters. The first-order chi connectivity index (χ1) is 7.72. The van der Waals surface area contributed by atoms with Crippen LogP contribution in [0.25, 0.3) is 6.08 Å². The zero-order valence-electron chi connectivity index (χ0n) is 9.49. The Morgan fingerprint density at radius 1 is 1.38 bits per heavy atom. The van der Waals surface area contributed by atoms with Crippen molar-refractivity contribution in [1.29, 1.82) is 0 Å². The summed E-state index contributed by atoms with van der Waals surface area (Å²) < 4.78 is 14.0. The first-order valence-electron chi connectivity index (χ1n) is 5.43. The lowest BCUT2D eigenvalue weighted by atomic mass is 10.2. The van der Waals surface area contributed by atoms with Crippen LogP contribution in [0.15, 0.2) is 18.8 Å². The van der Waals surface area contributed by atoms with E-state index in [4.69, 9.17) is 0 Å². The third kappa shape index (κ3) is 2.07. The van der Waals surface area contributed by atoms with Crippen molar-refractivity contribution in [2.45, 2.75) is 0 Å². The fraction of sp³-hybridized carbons (Fsp3) is 0.417. The molecule has 0 spiro atoms. The number of aromatic nitrogens is 1. The molecule has 2 rings (SSSR count). The fourth-order valence-corrected chi connectivity index (χ4v) is 1.84. The van der Waals surface area contributed by atoms with Crippen molar-refractivity contribution in [3.8, 4) is 0 Å². The highest BCUT2D eigenvalue weighted by molar-refractivity contribution is 5.55. The minimum atomic E-state index is -0.262. The van der Waals surface area contributed by atoms with E-state index in [1.807, 2.05) is 4.90 Å². The van der Waals surface area contributed by atoms with E-state index in [-0.39, 0.29) is 5.82 Å². The van der Waals surface area contributed by atoms with Crippen molar-refractivity contribution in [3.05, 3.63) is 30.2 Å². The summed E-state index contributed by atoms with van der Waals surface area (Å²) in [6.45, 7) is 7.12. The molecule has 0 saturated carbocycles. The molecule has 86 valence electrons. The van der Waals surface area contributed by atoms with Gasteiger partial charge in [0.05, 0.1) is 0 Å². The summed E-state index contributed by atoms with van der Waals surface area (Å²) in [6.07, 6.45) is 3.16. The minimum absolute atomic E-state index is 0.262. The van der Waals surface area contributed by atoms with Gasteiger partial charge in [0.15, 0.2) is 11.6 Å². The van der Waals surface area contributed by atoms with Gasteiger partial charge in [-0.25, -0.2) is 9.37 Å². The molecule has 1 saturated heterocycles. The van der Waals surface area contributed by atoms with E-state index < -0.39 is 0 Å². The average Bonchev–Trinajstić information content (AvgIpc) is 2.31. The number of nitrogens with zero attached hydrogens (tertiary/aromatic N) is 3. The Hall–Kier alpha value is -1.42. The van der Waals surface area contributed by atoms with Crippen LogP contribution >= 0.6 is 0 Å². The van der Waals surface area contributed by atoms with Gasteiger partial charge in [0.25, 0.3) is 0 Å². The van der Waals surface area contributed by atoms with E-state index in [1.165, 1.54) is 6.08 Å². The lowest BCUT2D eigenvalue weighted by molar-refractivity contribution is 0.310. The highest BCUT2D eigenvalue weighted by Crippen LogP contribution is 2.21. The molecular formula is C12H16FN3. The molecule has 0 amide bonds. The second-order valence-electron chi connectivity index (χ2n) is 4.03. The summed E-state index contributed by atoms with van der Waals surface area (Å²) in [7, 11) is 2.07. The second-order valence-corrected chi connectivity index (χ2v) is 4.03. The lowest BCUT2D eigenvalue weighted by Gasteiger charge is -2.33. The Morgan fingerprint density at radius 3 is 2.69 bits per heavy atom. The molecule has 0 N–H and O–H groups in total. The van der Waals surface area contributed by atoms with E-state index in [1.54, 1.807) is 12.3 Å². The lowest BCUT2D eigenvalue weighted by Crippen LogP contribution is -2.45. The van der Waals surface area contributed by atoms with E-state index >= 15 is 0 Å². The number of hydrogen-bond acceptors (Lipinski definition) is 3. The molecule has 1 aliphatic heterocycles. The van der Waals surface area contributed by atoms with Gasteiger partial charge in [-0.2, -0.15) is 0 Å². The van der Waals surface area contributed by atoms with Crippen molar-refractivity contribution in [3.63, 3.8) is 0 Å². The Bertz CT molecular complexity index is 384. The number of hydrogen-bond donors (Lipinski definition) is 0. The first kappa shape index (κ1) is 11.1. The van der Waals surface area contributed by atoms with Crippen molar-refractivity contribution >= 4 is 11.9 Å². The van der Waals surface area contributed by atoms with Crippen molar-refractivity contribution in [2.75, 3.05) is 38.1 Å². The largest absolute Gasteiger partial charge is 0.352 e. The van der Waals surface area contributed by atoms with Gasteiger partial charge in [0, 0.05) is 37.9 Å². The third-order valence-electron chi connectivity index (χ3n) is 2.92. The summed E-state index contributed by atoms with van der Waals surface area (Å²) in [5.41, 5.74) is 0.518. The molecule has 0 bridgehead atoms. The average molecular weight is 221 g/mol. The molecule has 0 radical (unpaired) electrons. The van der Waals surface area contributed by atoms with Crippen molar-refractivity contribution in [1.82, 2.24) is 9.88 Å². The molecule has 1 aromatic rings. The van der Waals surface area contributed by atoms with Gasteiger partial charge in [-0.05, 0) is 13.1 Å². The molecule has 0 atom stereocenters. The maximum Gasteiger partial charge on any atom is 0.172 e. The normalized spacial score (nSPS) is 17.5. The van der Waals surface area contributed by atoms with Crippen LogP contribution in [0.5, 0.6) is 0 Å². The van der Waals surface area contributed by atoms with E-state index in [9.17, 15) is 4.39 Å². The summed E-state index contributed by atoms with van der Waals surface area (Å²) in [5, 5.41) is 0. The highest BCUT2D eigenvalue weighted by atomic mass is 19.1. The zero-order chi connectivity index (χ0) is 11.5. The Kier molecular flexibility index (Phi) is 3.19. The molecule has 2 heterocycles. The number of anilines is 1. The van der Waals surface area contributed by atoms with Gasteiger partial charge < -0.3 is 9.80 Å². The Morgan fingerprint density at radius 2 is 2.06 bits per heavy atom. The SMILES string of the molecule is C=Cc1ccnc(N2CCN(C)CC2)c1F. The van der Waals surface area contributed by atoms with Gasteiger partial charge in [0.2, 0.25) is 0 Å². The molecule has 16 heavy (non-hydrogen) atoms. The molecule has 0 aromatic carbocycles. The third-order valence-corrected chi connectivity index (χ3v) is 2.92. The van der Waals surface area contributed by atoms with Gasteiger partial charge in [0.1, 0.15) is 0 Å². The first-order valence-corrected chi connectivity index (χ1v) is 5.43. The number of piperazine rings is 1. The summed E-state index contributed by atoms with van der Waals surface area (Å²) in [4.78, 5) is 8.34. The van der Waals surface area contributed by atoms with Crippen LogP contribution in [0.4, 0.5) is 10.2 Å². The van der Waals surface area contributed by atoms with E-state index in [2.05, 4.69) is 23.5 Å². The summed E-state index contributed by atoms with van der Waals surface area (Å²) >= 11 is 0. The monoisotopic (exact) mass is 221 g/mol. The Balaban J connectivity index is 2.23. The topological polar surface area (TPSA) is 19.4 Å². The van der Waals surface area contributed by atoms with Crippen molar-refractivity contribution < 1.29 is 4.39 Å². The predicted molar refractivity (Wildman–Crippen MR) is 64.0 cm³/mol.